The number of hydrogen-bond donors (Lipinski definition) is 1. The Morgan fingerprint density at radius 2 is 1.85 bits per heavy atom. The van der Waals surface area contributed by atoms with Crippen molar-refractivity contribution >= 4 is 23.3 Å². The van der Waals surface area contributed by atoms with Gasteiger partial charge in [0.25, 0.3) is 11.6 Å². The molecule has 0 aliphatic carbocycles. The first-order valence-corrected chi connectivity index (χ1v) is 8.19. The summed E-state index contributed by atoms with van der Waals surface area (Å²) in [4.78, 5) is 34.8. The Balaban J connectivity index is 2.01. The van der Waals surface area contributed by atoms with Crippen LogP contribution in [-0.4, -0.2) is 23.4 Å². The molecule has 0 heterocycles. The molecule has 0 radical (unpaired) electrons. The Morgan fingerprint density at radius 3 is 2.46 bits per heavy atom. The number of ether oxygens (including phenoxy) is 1. The molecule has 7 nitrogen and oxygen atoms in total. The Kier molecular flexibility index (Phi) is 6.43. The summed E-state index contributed by atoms with van der Waals surface area (Å²) in [5.41, 5.74) is 1.26. The minimum Gasteiger partial charge on any atom is -0.455 e. The molecule has 2 aromatic carbocycles. The molecule has 0 aliphatic rings. The first kappa shape index (κ1) is 19.1. The summed E-state index contributed by atoms with van der Waals surface area (Å²) in [6.45, 7) is 3.00. The third-order valence-corrected chi connectivity index (χ3v) is 3.95. The first-order chi connectivity index (χ1) is 12.4. The highest BCUT2D eigenvalue weighted by atomic mass is 16.6. The molecule has 26 heavy (non-hydrogen) atoms. The molecular weight excluding hydrogens is 336 g/mol. The molecule has 1 amide bonds. The Labute approximate surface area is 151 Å². The molecule has 136 valence electrons. The summed E-state index contributed by atoms with van der Waals surface area (Å²) >= 11 is 0. The normalized spacial score (nSPS) is 11.5. The standard InChI is InChI=1S/C19H20N2O5/c1-3-15(14-9-5-4-6-10-14)19(23)26-12-17(22)20-18-13(2)8-7-11-16(18)21(24)25/h4-11,15H,3,12H2,1-2H3,(H,20,22)/t15-/m0/s1. The average molecular weight is 356 g/mol. The predicted octanol–water partition coefficient (Wildman–Crippen LogP) is 3.58. The van der Waals surface area contributed by atoms with Crippen LogP contribution < -0.4 is 5.32 Å². The molecule has 0 aliphatic heterocycles. The summed E-state index contributed by atoms with van der Waals surface area (Å²) in [5.74, 6) is -1.59. The van der Waals surface area contributed by atoms with Gasteiger partial charge in [-0.1, -0.05) is 49.4 Å². The van der Waals surface area contributed by atoms with E-state index >= 15 is 0 Å². The van der Waals surface area contributed by atoms with Gasteiger partial charge in [0, 0.05) is 6.07 Å². The molecule has 2 rings (SSSR count). The van der Waals surface area contributed by atoms with E-state index in [9.17, 15) is 19.7 Å². The average Bonchev–Trinajstić information content (AvgIpc) is 2.63. The number of aryl methyl sites for hydroxylation is 1. The van der Waals surface area contributed by atoms with Gasteiger partial charge in [0.05, 0.1) is 10.8 Å². The number of anilines is 1. The Hall–Kier alpha value is -3.22. The maximum Gasteiger partial charge on any atom is 0.313 e. The SMILES string of the molecule is CC[C@H](C(=O)OCC(=O)Nc1c(C)cccc1[N+](=O)[O-])c1ccccc1. The lowest BCUT2D eigenvalue weighted by molar-refractivity contribution is -0.384. The molecule has 0 bridgehead atoms. The van der Waals surface area contributed by atoms with Crippen LogP contribution >= 0.6 is 0 Å². The number of nitro groups is 1. The number of carbonyl (C=O) groups is 2. The van der Waals surface area contributed by atoms with Crippen LogP contribution in [0.15, 0.2) is 48.5 Å². The number of nitrogens with one attached hydrogen (secondary N) is 1. The zero-order chi connectivity index (χ0) is 19.1. The number of hydrogen-bond acceptors (Lipinski definition) is 5. The van der Waals surface area contributed by atoms with E-state index in [2.05, 4.69) is 5.32 Å². The van der Waals surface area contributed by atoms with Gasteiger partial charge < -0.3 is 10.1 Å². The lowest BCUT2D eigenvalue weighted by Gasteiger charge is -2.15. The fraction of sp³-hybridized carbons (Fsp3) is 0.263. The van der Waals surface area contributed by atoms with Crippen LogP contribution in [0.3, 0.4) is 0 Å². The van der Waals surface area contributed by atoms with Gasteiger partial charge in [0.1, 0.15) is 5.69 Å². The molecule has 0 fully saturated rings. The fourth-order valence-corrected chi connectivity index (χ4v) is 2.60. The summed E-state index contributed by atoms with van der Waals surface area (Å²) < 4.78 is 5.10. The van der Waals surface area contributed by atoms with Gasteiger partial charge >= 0.3 is 5.97 Å². The monoisotopic (exact) mass is 356 g/mol. The van der Waals surface area contributed by atoms with Gasteiger partial charge in [-0.15, -0.1) is 0 Å². The van der Waals surface area contributed by atoms with Crippen molar-refractivity contribution < 1.29 is 19.2 Å². The number of rotatable bonds is 7. The van der Waals surface area contributed by atoms with E-state index < -0.39 is 29.3 Å². The Morgan fingerprint density at radius 1 is 1.15 bits per heavy atom. The quantitative estimate of drug-likeness (QED) is 0.464. The van der Waals surface area contributed by atoms with Crippen LogP contribution in [0.25, 0.3) is 0 Å². The molecule has 0 unspecified atom stereocenters. The second-order valence-electron chi connectivity index (χ2n) is 5.75. The van der Waals surface area contributed by atoms with Gasteiger partial charge in [-0.3, -0.25) is 19.7 Å². The van der Waals surface area contributed by atoms with Gasteiger partial charge in [0.15, 0.2) is 6.61 Å². The first-order valence-electron chi connectivity index (χ1n) is 8.19. The van der Waals surface area contributed by atoms with Crippen molar-refractivity contribution in [2.45, 2.75) is 26.2 Å². The Bertz CT molecular complexity index is 805. The molecular formula is C19H20N2O5. The van der Waals surface area contributed by atoms with Crippen molar-refractivity contribution in [1.29, 1.82) is 0 Å². The number of esters is 1. The molecule has 0 spiro atoms. The van der Waals surface area contributed by atoms with Gasteiger partial charge in [-0.2, -0.15) is 0 Å². The summed E-state index contributed by atoms with van der Waals surface area (Å²) in [5, 5.41) is 13.5. The topological polar surface area (TPSA) is 98.5 Å². The summed E-state index contributed by atoms with van der Waals surface area (Å²) in [6, 6.07) is 13.6. The molecule has 0 saturated carbocycles. The van der Waals surface area contributed by atoms with Gasteiger partial charge in [-0.05, 0) is 24.5 Å². The number of benzene rings is 2. The third kappa shape index (κ3) is 4.66. The molecule has 0 aromatic heterocycles. The van der Waals surface area contributed by atoms with Crippen molar-refractivity contribution in [3.05, 3.63) is 69.8 Å². The van der Waals surface area contributed by atoms with Crippen LogP contribution in [-0.2, 0) is 14.3 Å². The maximum atomic E-state index is 12.3. The molecule has 1 atom stereocenters. The van der Waals surface area contributed by atoms with Crippen LogP contribution in [0.5, 0.6) is 0 Å². The molecule has 1 N–H and O–H groups in total. The van der Waals surface area contributed by atoms with Crippen molar-refractivity contribution in [2.75, 3.05) is 11.9 Å². The highest BCUT2D eigenvalue weighted by Gasteiger charge is 2.22. The fourth-order valence-electron chi connectivity index (χ4n) is 2.60. The van der Waals surface area contributed by atoms with Crippen LogP contribution in [0.2, 0.25) is 0 Å². The zero-order valence-electron chi connectivity index (χ0n) is 14.6. The minimum atomic E-state index is -0.626. The number of nitro benzene ring substituents is 1. The van der Waals surface area contributed by atoms with E-state index in [1.165, 1.54) is 12.1 Å². The van der Waals surface area contributed by atoms with E-state index in [1.807, 2.05) is 37.3 Å². The highest BCUT2D eigenvalue weighted by Crippen LogP contribution is 2.27. The van der Waals surface area contributed by atoms with E-state index in [4.69, 9.17) is 4.74 Å². The number of nitrogens with zero attached hydrogens (tertiary/aromatic N) is 1. The summed E-state index contributed by atoms with van der Waals surface area (Å²) in [6.07, 6.45) is 0.535. The van der Waals surface area contributed by atoms with E-state index in [0.717, 1.165) is 5.56 Å². The van der Waals surface area contributed by atoms with Crippen LogP contribution in [0, 0.1) is 17.0 Å². The van der Waals surface area contributed by atoms with Crippen molar-refractivity contribution in [1.82, 2.24) is 0 Å². The van der Waals surface area contributed by atoms with Crippen LogP contribution in [0.1, 0.15) is 30.4 Å². The van der Waals surface area contributed by atoms with Crippen molar-refractivity contribution in [3.8, 4) is 0 Å². The lowest BCUT2D eigenvalue weighted by atomic mass is 9.97. The highest BCUT2D eigenvalue weighted by molar-refractivity contribution is 5.96. The van der Waals surface area contributed by atoms with E-state index in [1.54, 1.807) is 13.0 Å². The second-order valence-corrected chi connectivity index (χ2v) is 5.75. The van der Waals surface area contributed by atoms with Crippen molar-refractivity contribution in [2.24, 2.45) is 0 Å². The van der Waals surface area contributed by atoms with Gasteiger partial charge in [0.2, 0.25) is 0 Å². The predicted molar refractivity (Wildman–Crippen MR) is 96.9 cm³/mol. The largest absolute Gasteiger partial charge is 0.455 e. The number of para-hydroxylation sites is 1. The number of carbonyl (C=O) groups excluding carboxylic acids is 2. The lowest BCUT2D eigenvalue weighted by Crippen LogP contribution is -2.24. The molecule has 2 aromatic rings. The number of amides is 1. The van der Waals surface area contributed by atoms with Gasteiger partial charge in [-0.25, -0.2) is 0 Å². The van der Waals surface area contributed by atoms with Crippen LogP contribution in [0.4, 0.5) is 11.4 Å². The summed E-state index contributed by atoms with van der Waals surface area (Å²) in [7, 11) is 0. The van der Waals surface area contributed by atoms with E-state index in [0.29, 0.717) is 12.0 Å². The smallest absolute Gasteiger partial charge is 0.313 e. The minimum absolute atomic E-state index is 0.105. The maximum absolute atomic E-state index is 12.3. The molecule has 7 heteroatoms. The zero-order valence-corrected chi connectivity index (χ0v) is 14.6. The van der Waals surface area contributed by atoms with E-state index in [-0.39, 0.29) is 11.4 Å². The second kappa shape index (κ2) is 8.75. The van der Waals surface area contributed by atoms with Crippen molar-refractivity contribution in [3.63, 3.8) is 0 Å². The third-order valence-electron chi connectivity index (χ3n) is 3.95. The molecule has 0 saturated heterocycles.